The van der Waals surface area contributed by atoms with Crippen LogP contribution in [0.2, 0.25) is 0 Å². The molecule has 3 amide bonds. The van der Waals surface area contributed by atoms with Crippen molar-refractivity contribution in [1.82, 2.24) is 10.2 Å². The summed E-state index contributed by atoms with van der Waals surface area (Å²) in [4.78, 5) is 43.4. The summed E-state index contributed by atoms with van der Waals surface area (Å²) in [7, 11) is 0. The van der Waals surface area contributed by atoms with Gasteiger partial charge in [-0.3, -0.25) is 14.4 Å². The highest BCUT2D eigenvalue weighted by Crippen LogP contribution is 2.65. The first-order chi connectivity index (χ1) is 18.1. The summed E-state index contributed by atoms with van der Waals surface area (Å²) in [6, 6.07) is 5.59. The van der Waals surface area contributed by atoms with Gasteiger partial charge in [0.2, 0.25) is 17.7 Å². The van der Waals surface area contributed by atoms with E-state index in [9.17, 15) is 19.5 Å². The molecule has 4 unspecified atom stereocenters. The molecule has 3 saturated heterocycles. The van der Waals surface area contributed by atoms with E-state index in [0.717, 1.165) is 12.8 Å². The van der Waals surface area contributed by atoms with E-state index in [-0.39, 0.29) is 36.3 Å². The molecule has 9 heteroatoms. The van der Waals surface area contributed by atoms with Gasteiger partial charge in [-0.05, 0) is 70.2 Å². The molecule has 0 aliphatic carbocycles. The number of aliphatic hydroxyl groups excluding tert-OH is 1. The summed E-state index contributed by atoms with van der Waals surface area (Å²) in [6.07, 6.45) is 2.69. The fourth-order valence-corrected chi connectivity index (χ4v) is 7.03. The van der Waals surface area contributed by atoms with Gasteiger partial charge >= 0.3 is 0 Å². The lowest BCUT2D eigenvalue weighted by molar-refractivity contribution is -0.150. The van der Waals surface area contributed by atoms with E-state index in [4.69, 9.17) is 9.47 Å². The first kappa shape index (κ1) is 28.4. The lowest BCUT2D eigenvalue weighted by Gasteiger charge is -2.37. The molecule has 210 valence electrons. The van der Waals surface area contributed by atoms with Gasteiger partial charge in [-0.25, -0.2) is 0 Å². The van der Waals surface area contributed by atoms with Gasteiger partial charge in [0, 0.05) is 11.7 Å². The van der Waals surface area contributed by atoms with Crippen molar-refractivity contribution in [1.29, 1.82) is 0 Å². The normalized spacial score (nSPS) is 33.1. The van der Waals surface area contributed by atoms with Gasteiger partial charge in [-0.1, -0.05) is 27.2 Å². The number of nitrogens with zero attached hydrogens (tertiary/aromatic N) is 1. The van der Waals surface area contributed by atoms with Crippen molar-refractivity contribution in [3.8, 4) is 5.75 Å². The number of carbonyl (C=O) groups is 3. The van der Waals surface area contributed by atoms with Gasteiger partial charge in [-0.2, -0.15) is 0 Å². The van der Waals surface area contributed by atoms with Crippen LogP contribution >= 0.6 is 0 Å². The smallest absolute Gasteiger partial charge is 0.246 e. The van der Waals surface area contributed by atoms with Crippen molar-refractivity contribution in [2.24, 2.45) is 17.8 Å². The minimum Gasteiger partial charge on any atom is -0.494 e. The Morgan fingerprint density at radius 3 is 2.47 bits per heavy atom. The lowest BCUT2D eigenvalue weighted by atomic mass is 9.62. The minimum absolute atomic E-state index is 0.0554. The molecule has 3 N–H and O–H groups in total. The molecule has 1 aromatic rings. The van der Waals surface area contributed by atoms with Crippen LogP contribution in [0.4, 0.5) is 5.69 Å². The summed E-state index contributed by atoms with van der Waals surface area (Å²) >= 11 is 0. The van der Waals surface area contributed by atoms with Gasteiger partial charge in [-0.15, -0.1) is 0 Å². The second kappa shape index (κ2) is 10.8. The van der Waals surface area contributed by atoms with Gasteiger partial charge < -0.3 is 30.1 Å². The van der Waals surface area contributed by atoms with Gasteiger partial charge in [0.15, 0.2) is 0 Å². The number of anilines is 1. The number of hydrogen-bond acceptors (Lipinski definition) is 6. The quantitative estimate of drug-likeness (QED) is 0.406. The number of rotatable bonds is 11. The second-order valence-corrected chi connectivity index (χ2v) is 11.3. The van der Waals surface area contributed by atoms with Crippen LogP contribution in [0.25, 0.3) is 0 Å². The number of hydrogen-bond donors (Lipinski definition) is 3. The highest BCUT2D eigenvalue weighted by molar-refractivity contribution is 6.02. The van der Waals surface area contributed by atoms with Gasteiger partial charge in [0.25, 0.3) is 0 Å². The molecule has 8 atom stereocenters. The van der Waals surface area contributed by atoms with Crippen molar-refractivity contribution in [2.75, 3.05) is 18.5 Å². The Bertz CT molecular complexity index is 1040. The summed E-state index contributed by atoms with van der Waals surface area (Å²) in [5.41, 5.74) is -1.45. The van der Waals surface area contributed by atoms with Gasteiger partial charge in [0.05, 0.1) is 36.7 Å². The van der Waals surface area contributed by atoms with E-state index in [1.165, 1.54) is 4.90 Å². The molecule has 38 heavy (non-hydrogen) atoms. The maximum atomic E-state index is 14.1. The third kappa shape index (κ3) is 4.47. The molecule has 2 bridgehead atoms. The van der Waals surface area contributed by atoms with Crippen LogP contribution in [0.15, 0.2) is 24.3 Å². The molecule has 0 aromatic heterocycles. The monoisotopic (exact) mass is 529 g/mol. The van der Waals surface area contributed by atoms with Crippen LogP contribution < -0.4 is 15.4 Å². The summed E-state index contributed by atoms with van der Waals surface area (Å²) < 4.78 is 12.2. The Balaban J connectivity index is 1.71. The molecule has 3 aliphatic rings. The Morgan fingerprint density at radius 1 is 1.21 bits per heavy atom. The molecule has 1 spiro atoms. The standard InChI is InChI=1S/C29H43N3O6/c1-7-10-18(5)30-26(35)24-29-15-17(4)28(6,38-29)22(23(29)27(36)32(24)20(8-2)16-33)25(34)31-19-11-13-21(14-12-19)37-9-3/h11-14,17-18,20,22-24,33H,7-10,15-16H2,1-6H3,(H,30,35)(H,31,34)/t17?,18?,20-,22-,23-,24?,28+,29?/m0/s1. The van der Waals surface area contributed by atoms with Crippen LogP contribution in [0, 0.1) is 17.8 Å². The fourth-order valence-electron chi connectivity index (χ4n) is 7.03. The van der Waals surface area contributed by atoms with Crippen molar-refractivity contribution in [3.63, 3.8) is 0 Å². The van der Waals surface area contributed by atoms with E-state index < -0.39 is 35.1 Å². The molecule has 3 aliphatic heterocycles. The topological polar surface area (TPSA) is 117 Å². The molecule has 3 fully saturated rings. The summed E-state index contributed by atoms with van der Waals surface area (Å²) in [6.45, 7) is 12.0. The molecule has 0 saturated carbocycles. The molecular weight excluding hydrogens is 486 g/mol. The zero-order chi connectivity index (χ0) is 27.8. The third-order valence-corrected chi connectivity index (χ3v) is 8.90. The molecule has 1 aromatic carbocycles. The lowest BCUT2D eigenvalue weighted by Crippen LogP contribution is -2.59. The van der Waals surface area contributed by atoms with Crippen LogP contribution in [0.3, 0.4) is 0 Å². The number of carbonyl (C=O) groups excluding carboxylic acids is 3. The van der Waals surface area contributed by atoms with E-state index in [1.807, 2.05) is 34.6 Å². The SMILES string of the molecule is CCCC(C)NC(=O)C1N([C@@H](CC)CO)C(=O)[C@@H]2[C@@H](C(=O)Nc3ccc(OCC)cc3)[C@]3(C)OC12CC3C. The number of amides is 3. The Kier molecular flexibility index (Phi) is 8.09. The van der Waals surface area contributed by atoms with Crippen molar-refractivity contribution in [3.05, 3.63) is 24.3 Å². The number of likely N-dealkylation sites (tertiary alicyclic amines) is 1. The average Bonchev–Trinajstić information content (AvgIpc) is 3.38. The Labute approximate surface area is 225 Å². The predicted octanol–water partition coefficient (Wildman–Crippen LogP) is 3.11. The first-order valence-electron chi connectivity index (χ1n) is 14.0. The number of benzene rings is 1. The number of nitrogens with one attached hydrogen (secondary N) is 2. The van der Waals surface area contributed by atoms with E-state index in [0.29, 0.717) is 30.9 Å². The third-order valence-electron chi connectivity index (χ3n) is 8.90. The largest absolute Gasteiger partial charge is 0.494 e. The molecular formula is C29H43N3O6. The highest BCUT2D eigenvalue weighted by atomic mass is 16.5. The van der Waals surface area contributed by atoms with Crippen molar-refractivity contribution < 1.29 is 29.0 Å². The highest BCUT2D eigenvalue weighted by Gasteiger charge is 2.80. The minimum atomic E-state index is -1.13. The zero-order valence-corrected chi connectivity index (χ0v) is 23.5. The van der Waals surface area contributed by atoms with Crippen LogP contribution in [0.1, 0.15) is 67.2 Å². The molecule has 0 radical (unpaired) electrons. The Hall–Kier alpha value is -2.65. The maximum absolute atomic E-state index is 14.1. The fraction of sp³-hybridized carbons (Fsp3) is 0.690. The van der Waals surface area contributed by atoms with Crippen molar-refractivity contribution >= 4 is 23.4 Å². The van der Waals surface area contributed by atoms with Crippen molar-refractivity contribution in [2.45, 2.75) is 96.6 Å². The summed E-state index contributed by atoms with van der Waals surface area (Å²) in [5, 5.41) is 16.2. The molecule has 3 heterocycles. The predicted molar refractivity (Wildman–Crippen MR) is 144 cm³/mol. The van der Waals surface area contributed by atoms with Crippen LogP contribution in [0.5, 0.6) is 5.75 Å². The zero-order valence-electron chi connectivity index (χ0n) is 23.5. The van der Waals surface area contributed by atoms with E-state index >= 15 is 0 Å². The Morgan fingerprint density at radius 2 is 1.89 bits per heavy atom. The number of aliphatic hydroxyl groups is 1. The van der Waals surface area contributed by atoms with E-state index in [2.05, 4.69) is 17.6 Å². The molecule has 4 rings (SSSR count). The van der Waals surface area contributed by atoms with Gasteiger partial charge in [0.1, 0.15) is 17.4 Å². The van der Waals surface area contributed by atoms with E-state index in [1.54, 1.807) is 24.3 Å². The van der Waals surface area contributed by atoms with Crippen LogP contribution in [-0.2, 0) is 19.1 Å². The summed E-state index contributed by atoms with van der Waals surface area (Å²) in [5.74, 6) is -1.83. The average molecular weight is 530 g/mol. The molecule has 9 nitrogen and oxygen atoms in total. The first-order valence-corrected chi connectivity index (χ1v) is 14.0. The number of ether oxygens (including phenoxy) is 2. The second-order valence-electron chi connectivity index (χ2n) is 11.3. The maximum Gasteiger partial charge on any atom is 0.246 e. The number of fused-ring (bicyclic) bond motifs is 1. The van der Waals surface area contributed by atoms with Crippen LogP contribution in [-0.4, -0.2) is 70.3 Å².